The number of phenols is 1. The van der Waals surface area contributed by atoms with Gasteiger partial charge in [0.1, 0.15) is 11.8 Å². The number of rotatable bonds is 5. The standard InChI is InChI=1S/C16H19NO4Si/c1-12(18)17-15(11-13-5-7-14(19)8-6-13)16(20)21-22(2)9-3-4-10-22/h3-10,15,19H,11H2,1-2H3,(H,17,18)/t15-/m0/s1. The molecule has 5 nitrogen and oxygen atoms in total. The molecule has 0 spiro atoms. The van der Waals surface area contributed by atoms with Crippen molar-refractivity contribution in [2.24, 2.45) is 0 Å². The van der Waals surface area contributed by atoms with Gasteiger partial charge in [-0.2, -0.15) is 0 Å². The molecule has 1 aromatic carbocycles. The van der Waals surface area contributed by atoms with Gasteiger partial charge in [-0.15, -0.1) is 0 Å². The number of hydrogen-bond acceptors (Lipinski definition) is 4. The predicted molar refractivity (Wildman–Crippen MR) is 85.4 cm³/mol. The first-order valence-corrected chi connectivity index (χ1v) is 9.59. The summed E-state index contributed by atoms with van der Waals surface area (Å²) in [6.07, 6.45) is 4.05. The van der Waals surface area contributed by atoms with Gasteiger partial charge in [-0.25, -0.2) is 0 Å². The van der Waals surface area contributed by atoms with Crippen LogP contribution in [0.2, 0.25) is 6.55 Å². The Morgan fingerprint density at radius 1 is 1.23 bits per heavy atom. The van der Waals surface area contributed by atoms with Crippen LogP contribution in [-0.2, 0) is 20.4 Å². The Balaban J connectivity index is 2.09. The number of nitrogens with one attached hydrogen (secondary N) is 1. The summed E-state index contributed by atoms with van der Waals surface area (Å²) in [7, 11) is -2.29. The van der Waals surface area contributed by atoms with E-state index < -0.39 is 20.3 Å². The number of aromatic hydroxyl groups is 1. The minimum atomic E-state index is -2.29. The Hall–Kier alpha value is -2.34. The van der Waals surface area contributed by atoms with E-state index in [0.29, 0.717) is 6.42 Å². The van der Waals surface area contributed by atoms with Crippen molar-refractivity contribution in [1.29, 1.82) is 0 Å². The third-order valence-electron chi connectivity index (χ3n) is 3.32. The Labute approximate surface area is 130 Å². The molecule has 2 rings (SSSR count). The van der Waals surface area contributed by atoms with Crippen molar-refractivity contribution in [2.45, 2.75) is 25.9 Å². The van der Waals surface area contributed by atoms with Crippen LogP contribution in [0.1, 0.15) is 12.5 Å². The van der Waals surface area contributed by atoms with Crippen LogP contribution in [0.25, 0.3) is 0 Å². The average molecular weight is 317 g/mol. The van der Waals surface area contributed by atoms with Crippen LogP contribution >= 0.6 is 0 Å². The smallest absolute Gasteiger partial charge is 0.316 e. The van der Waals surface area contributed by atoms with Gasteiger partial charge in [0, 0.05) is 13.3 Å². The number of carbonyl (C=O) groups is 2. The molecule has 1 amide bonds. The maximum Gasteiger partial charge on any atom is 0.316 e. The maximum atomic E-state index is 12.4. The third-order valence-corrected chi connectivity index (χ3v) is 5.67. The highest BCUT2D eigenvalue weighted by atomic mass is 28.4. The zero-order valence-corrected chi connectivity index (χ0v) is 13.6. The molecule has 2 N–H and O–H groups in total. The van der Waals surface area contributed by atoms with Crippen LogP contribution in [0.15, 0.2) is 47.8 Å². The van der Waals surface area contributed by atoms with E-state index in [4.69, 9.17) is 4.43 Å². The minimum Gasteiger partial charge on any atom is -0.510 e. The summed E-state index contributed by atoms with van der Waals surface area (Å²) >= 11 is 0. The highest BCUT2D eigenvalue weighted by molar-refractivity contribution is 6.84. The zero-order valence-electron chi connectivity index (χ0n) is 12.6. The lowest BCUT2D eigenvalue weighted by atomic mass is 10.1. The lowest BCUT2D eigenvalue weighted by Gasteiger charge is -2.23. The minimum absolute atomic E-state index is 0.156. The third kappa shape index (κ3) is 4.32. The lowest BCUT2D eigenvalue weighted by molar-refractivity contribution is -0.139. The molecule has 6 heteroatoms. The molecule has 0 saturated carbocycles. The summed E-state index contributed by atoms with van der Waals surface area (Å²) in [4.78, 5) is 23.7. The molecule has 1 aromatic rings. The SMILES string of the molecule is CC(=O)N[C@@H](Cc1ccc(O)cc1)C(=O)O[Si]1(C)C=CC=C1. The molecule has 0 fully saturated rings. The monoisotopic (exact) mass is 317 g/mol. The van der Waals surface area contributed by atoms with Crippen molar-refractivity contribution in [2.75, 3.05) is 0 Å². The van der Waals surface area contributed by atoms with Crippen molar-refractivity contribution >= 4 is 20.2 Å². The van der Waals surface area contributed by atoms with E-state index in [1.54, 1.807) is 24.3 Å². The quantitative estimate of drug-likeness (QED) is 0.812. The van der Waals surface area contributed by atoms with E-state index in [-0.39, 0.29) is 11.7 Å². The van der Waals surface area contributed by atoms with E-state index in [9.17, 15) is 14.7 Å². The molecule has 0 radical (unpaired) electrons. The second-order valence-corrected chi connectivity index (χ2v) is 8.69. The molecule has 0 saturated heterocycles. The normalized spacial score (nSPS) is 16.3. The Bertz CT molecular complexity index is 610. The van der Waals surface area contributed by atoms with Gasteiger partial charge >= 0.3 is 14.3 Å². The first-order chi connectivity index (χ1) is 10.4. The number of phenolic OH excluding ortho intramolecular Hbond substituents is 1. The van der Waals surface area contributed by atoms with E-state index in [1.807, 2.05) is 30.1 Å². The van der Waals surface area contributed by atoms with Crippen molar-refractivity contribution in [1.82, 2.24) is 5.32 Å². The van der Waals surface area contributed by atoms with Crippen LogP contribution in [0.5, 0.6) is 5.75 Å². The number of hydrogen-bond donors (Lipinski definition) is 2. The molecule has 0 unspecified atom stereocenters. The van der Waals surface area contributed by atoms with Crippen LogP contribution in [0.4, 0.5) is 0 Å². The summed E-state index contributed by atoms with van der Waals surface area (Å²) < 4.78 is 5.62. The molecule has 1 aliphatic heterocycles. The molecule has 0 aliphatic carbocycles. The molecule has 0 aromatic heterocycles. The van der Waals surface area contributed by atoms with Gasteiger partial charge in [0.15, 0.2) is 0 Å². The molecule has 1 aliphatic rings. The van der Waals surface area contributed by atoms with Gasteiger partial charge in [0.25, 0.3) is 0 Å². The molecule has 0 bridgehead atoms. The fraction of sp³-hybridized carbons (Fsp3) is 0.250. The van der Waals surface area contributed by atoms with Crippen molar-refractivity contribution < 1.29 is 19.1 Å². The summed E-state index contributed by atoms with van der Waals surface area (Å²) in [5.41, 5.74) is 4.66. The summed E-state index contributed by atoms with van der Waals surface area (Å²) in [6, 6.07) is 5.78. The van der Waals surface area contributed by atoms with Crippen molar-refractivity contribution in [3.05, 3.63) is 53.4 Å². The Morgan fingerprint density at radius 3 is 2.36 bits per heavy atom. The second kappa shape index (κ2) is 6.61. The first kappa shape index (κ1) is 16.0. The molecule has 1 atom stereocenters. The molecular weight excluding hydrogens is 298 g/mol. The predicted octanol–water partition coefficient (Wildman–Crippen LogP) is 1.76. The van der Waals surface area contributed by atoms with Crippen molar-refractivity contribution in [3.8, 4) is 5.75 Å². The fourth-order valence-electron chi connectivity index (χ4n) is 2.21. The highest BCUT2D eigenvalue weighted by Crippen LogP contribution is 2.17. The molecule has 116 valence electrons. The number of allylic oxidation sites excluding steroid dienone is 2. The number of benzene rings is 1. The van der Waals surface area contributed by atoms with Gasteiger partial charge in [-0.05, 0) is 24.2 Å². The number of amides is 1. The first-order valence-electron chi connectivity index (χ1n) is 7.03. The van der Waals surface area contributed by atoms with E-state index in [2.05, 4.69) is 5.32 Å². The molecular formula is C16H19NO4Si. The number of carbonyl (C=O) groups excluding carboxylic acids is 2. The fourth-order valence-corrected chi connectivity index (χ4v) is 4.02. The maximum absolute atomic E-state index is 12.4. The van der Waals surface area contributed by atoms with Crippen LogP contribution < -0.4 is 5.32 Å². The lowest BCUT2D eigenvalue weighted by Crippen LogP contribution is -2.46. The van der Waals surface area contributed by atoms with Crippen LogP contribution in [-0.4, -0.2) is 31.3 Å². The Morgan fingerprint density at radius 2 is 1.82 bits per heavy atom. The van der Waals surface area contributed by atoms with Crippen molar-refractivity contribution in [3.63, 3.8) is 0 Å². The molecule has 22 heavy (non-hydrogen) atoms. The van der Waals surface area contributed by atoms with Crippen LogP contribution in [0.3, 0.4) is 0 Å². The van der Waals surface area contributed by atoms with Gasteiger partial charge in [0.2, 0.25) is 5.91 Å². The summed E-state index contributed by atoms with van der Waals surface area (Å²) in [5.74, 6) is -0.567. The zero-order chi connectivity index (χ0) is 16.2. The summed E-state index contributed by atoms with van der Waals surface area (Å²) in [5, 5.41) is 11.9. The van der Waals surface area contributed by atoms with E-state index in [1.165, 1.54) is 6.92 Å². The highest BCUT2D eigenvalue weighted by Gasteiger charge is 2.32. The molecule has 1 heterocycles. The van der Waals surface area contributed by atoms with E-state index in [0.717, 1.165) is 5.56 Å². The Kier molecular flexibility index (Phi) is 4.82. The van der Waals surface area contributed by atoms with E-state index >= 15 is 0 Å². The second-order valence-electron chi connectivity index (χ2n) is 5.45. The van der Waals surface area contributed by atoms with Gasteiger partial charge < -0.3 is 14.8 Å². The topological polar surface area (TPSA) is 75.6 Å². The van der Waals surface area contributed by atoms with Gasteiger partial charge in [-0.3, -0.25) is 9.59 Å². The average Bonchev–Trinajstić information content (AvgIpc) is 2.86. The van der Waals surface area contributed by atoms with Gasteiger partial charge in [-0.1, -0.05) is 35.7 Å². The van der Waals surface area contributed by atoms with Crippen LogP contribution in [0, 0.1) is 0 Å². The summed E-state index contributed by atoms with van der Waals surface area (Å²) in [6.45, 7) is 3.28. The van der Waals surface area contributed by atoms with Gasteiger partial charge in [0.05, 0.1) is 0 Å². The largest absolute Gasteiger partial charge is 0.510 e.